The smallest absolute Gasteiger partial charge is 0.264 e. The third-order valence-electron chi connectivity index (χ3n) is 10.3. The Labute approximate surface area is 260 Å². The van der Waals surface area contributed by atoms with Crippen molar-refractivity contribution in [3.63, 3.8) is 0 Å². The lowest BCUT2D eigenvalue weighted by molar-refractivity contribution is 0.0455. The molecule has 6 rings (SSSR count). The average Bonchev–Trinajstić information content (AvgIpc) is 3.07. The number of aryl methyl sites for hydroxylation is 1. The van der Waals surface area contributed by atoms with E-state index in [0.717, 1.165) is 42.8 Å². The van der Waals surface area contributed by atoms with E-state index in [0.29, 0.717) is 31.9 Å². The van der Waals surface area contributed by atoms with E-state index in [2.05, 4.69) is 21.8 Å². The van der Waals surface area contributed by atoms with Gasteiger partial charge in [-0.3, -0.25) is 4.79 Å². The number of carbonyl (C=O) groups excluding carboxylic acids is 1. The first kappa shape index (κ1) is 30.5. The standard InChI is InChI=1S/C34H43ClN2O5S/c1-21(2)32-22(3)6-4-8-30(38)27-12-9-25(27)18-37-19-34(15-5-7-23-16-26(35)11-13-28(23)34)20-42-31-14-10-24(17-29(31)37)33(39)36-43(32,40)41/h4,8,10-11,13-14,16-17,21-22,25,27,30,32,38H,5-7,9,12,15,18-20H2,1-3H3,(H,36,39)/b8-4-/t22-,25+,27-,30+,32+,34+/m1/s1. The van der Waals surface area contributed by atoms with Gasteiger partial charge in [-0.15, -0.1) is 0 Å². The van der Waals surface area contributed by atoms with Gasteiger partial charge in [0.1, 0.15) is 5.75 Å². The summed E-state index contributed by atoms with van der Waals surface area (Å²) in [5.74, 6) is 0.0209. The zero-order chi connectivity index (χ0) is 30.5. The van der Waals surface area contributed by atoms with E-state index in [9.17, 15) is 18.3 Å². The second-order valence-corrected chi connectivity index (χ2v) is 15.9. The molecule has 2 aliphatic carbocycles. The second kappa shape index (κ2) is 11.8. The molecule has 0 radical (unpaired) electrons. The maximum absolute atomic E-state index is 13.6. The fourth-order valence-electron chi connectivity index (χ4n) is 8.10. The van der Waals surface area contributed by atoms with Gasteiger partial charge in [-0.25, -0.2) is 13.1 Å². The molecule has 9 heteroatoms. The number of aliphatic hydroxyl groups is 1. The summed E-state index contributed by atoms with van der Waals surface area (Å²) in [7, 11) is -3.97. The summed E-state index contributed by atoms with van der Waals surface area (Å²) in [6, 6.07) is 11.4. The number of hydrogen-bond donors (Lipinski definition) is 2. The monoisotopic (exact) mass is 626 g/mol. The van der Waals surface area contributed by atoms with Gasteiger partial charge < -0.3 is 14.7 Å². The lowest BCUT2D eigenvalue weighted by Gasteiger charge is -2.45. The normalized spacial score (nSPS) is 32.9. The first-order valence-electron chi connectivity index (χ1n) is 15.7. The Bertz CT molecular complexity index is 1520. The van der Waals surface area contributed by atoms with Gasteiger partial charge >= 0.3 is 0 Å². The molecule has 4 aliphatic rings. The number of nitrogens with one attached hydrogen (secondary N) is 1. The highest BCUT2D eigenvalue weighted by Gasteiger charge is 2.44. The number of aliphatic hydroxyl groups excluding tert-OH is 1. The summed E-state index contributed by atoms with van der Waals surface area (Å²) >= 11 is 6.39. The van der Waals surface area contributed by atoms with Crippen LogP contribution in [0.4, 0.5) is 5.69 Å². The molecule has 43 heavy (non-hydrogen) atoms. The van der Waals surface area contributed by atoms with Crippen molar-refractivity contribution in [2.45, 2.75) is 76.1 Å². The molecule has 1 amide bonds. The Morgan fingerprint density at radius 3 is 2.72 bits per heavy atom. The number of anilines is 1. The molecule has 2 aromatic carbocycles. The van der Waals surface area contributed by atoms with Crippen molar-refractivity contribution in [1.29, 1.82) is 0 Å². The van der Waals surface area contributed by atoms with Crippen LogP contribution in [-0.2, 0) is 21.9 Å². The molecule has 1 spiro atoms. The van der Waals surface area contributed by atoms with E-state index >= 15 is 0 Å². The molecule has 2 N–H and O–H groups in total. The van der Waals surface area contributed by atoms with E-state index in [-0.39, 0.29) is 34.7 Å². The molecule has 2 aliphatic heterocycles. The molecule has 0 unspecified atom stereocenters. The molecule has 2 bridgehead atoms. The Balaban J connectivity index is 1.43. The summed E-state index contributed by atoms with van der Waals surface area (Å²) < 4.78 is 36.1. The number of benzene rings is 2. The fraction of sp³-hybridized carbons (Fsp3) is 0.559. The van der Waals surface area contributed by atoms with Gasteiger partial charge in [0, 0.05) is 29.1 Å². The molecular weight excluding hydrogens is 584 g/mol. The van der Waals surface area contributed by atoms with E-state index in [4.69, 9.17) is 16.3 Å². The molecule has 1 saturated carbocycles. The Morgan fingerprint density at radius 2 is 1.98 bits per heavy atom. The molecular formula is C34H43ClN2O5S. The number of rotatable bonds is 1. The summed E-state index contributed by atoms with van der Waals surface area (Å²) in [4.78, 5) is 15.9. The van der Waals surface area contributed by atoms with Gasteiger partial charge in [0.2, 0.25) is 10.0 Å². The third-order valence-corrected chi connectivity index (χ3v) is 12.8. The van der Waals surface area contributed by atoms with Crippen molar-refractivity contribution in [1.82, 2.24) is 4.72 Å². The minimum Gasteiger partial charge on any atom is -0.490 e. The van der Waals surface area contributed by atoms with E-state index < -0.39 is 27.3 Å². The van der Waals surface area contributed by atoms with Crippen molar-refractivity contribution >= 4 is 33.2 Å². The summed E-state index contributed by atoms with van der Waals surface area (Å²) in [6.07, 6.45) is 8.61. The first-order chi connectivity index (χ1) is 20.5. The average molecular weight is 627 g/mol. The van der Waals surface area contributed by atoms with E-state index in [1.807, 2.05) is 39.0 Å². The molecule has 1 fully saturated rings. The molecule has 0 saturated heterocycles. The Morgan fingerprint density at radius 1 is 1.16 bits per heavy atom. The van der Waals surface area contributed by atoms with Crippen LogP contribution in [0.5, 0.6) is 5.75 Å². The number of nitrogens with zero attached hydrogens (tertiary/aromatic N) is 1. The third kappa shape index (κ3) is 5.83. The maximum atomic E-state index is 13.6. The van der Waals surface area contributed by atoms with Gasteiger partial charge in [0.25, 0.3) is 5.91 Å². The number of allylic oxidation sites excluding steroid dienone is 1. The van der Waals surface area contributed by atoms with E-state index in [1.54, 1.807) is 18.2 Å². The number of amides is 1. The lowest BCUT2D eigenvalue weighted by atomic mass is 9.68. The van der Waals surface area contributed by atoms with Crippen molar-refractivity contribution in [2.24, 2.45) is 23.7 Å². The maximum Gasteiger partial charge on any atom is 0.264 e. The molecule has 0 aromatic heterocycles. The molecule has 7 nitrogen and oxygen atoms in total. The molecule has 2 heterocycles. The number of ether oxygens (including phenoxy) is 1. The van der Waals surface area contributed by atoms with Gasteiger partial charge in [-0.05, 0) is 104 Å². The fourth-order valence-corrected chi connectivity index (χ4v) is 10.2. The van der Waals surface area contributed by atoms with Crippen molar-refractivity contribution in [2.75, 3.05) is 24.6 Å². The van der Waals surface area contributed by atoms with Crippen LogP contribution in [-0.4, -0.2) is 50.5 Å². The number of halogens is 1. The predicted octanol–water partition coefficient (Wildman–Crippen LogP) is 5.88. The van der Waals surface area contributed by atoms with Crippen molar-refractivity contribution in [3.05, 3.63) is 70.3 Å². The summed E-state index contributed by atoms with van der Waals surface area (Å²) in [6.45, 7) is 7.53. The molecule has 6 atom stereocenters. The highest BCUT2D eigenvalue weighted by Crippen LogP contribution is 2.46. The van der Waals surface area contributed by atoms with Crippen molar-refractivity contribution < 1.29 is 23.1 Å². The highest BCUT2D eigenvalue weighted by molar-refractivity contribution is 7.90. The lowest BCUT2D eigenvalue weighted by Crippen LogP contribution is -2.49. The minimum absolute atomic E-state index is 0.122. The second-order valence-electron chi connectivity index (χ2n) is 13.6. The molecule has 232 valence electrons. The van der Waals surface area contributed by atoms with Gasteiger partial charge in [-0.2, -0.15) is 0 Å². The summed E-state index contributed by atoms with van der Waals surface area (Å²) in [5, 5.41) is 11.2. The van der Waals surface area contributed by atoms with Gasteiger partial charge in [0.05, 0.1) is 23.6 Å². The molecule has 2 aromatic rings. The van der Waals surface area contributed by atoms with Crippen LogP contribution in [0.25, 0.3) is 0 Å². The number of carbonyl (C=O) groups is 1. The Kier molecular flexibility index (Phi) is 8.33. The van der Waals surface area contributed by atoms with Crippen LogP contribution in [0.15, 0.2) is 48.6 Å². The Hall–Kier alpha value is -2.55. The van der Waals surface area contributed by atoms with E-state index in [1.165, 1.54) is 11.1 Å². The van der Waals surface area contributed by atoms with Crippen molar-refractivity contribution in [3.8, 4) is 5.75 Å². The number of fused-ring (bicyclic) bond motifs is 4. The topological polar surface area (TPSA) is 95.9 Å². The first-order valence-corrected chi connectivity index (χ1v) is 17.6. The zero-order valence-corrected chi connectivity index (χ0v) is 26.8. The van der Waals surface area contributed by atoms with Crippen LogP contribution >= 0.6 is 11.6 Å². The van der Waals surface area contributed by atoms with Crippen LogP contribution in [0.1, 0.15) is 74.4 Å². The SMILES string of the molecule is CC(C)[C@H]1[C@H](C)C/C=C\[C@H](O)[C@@H]2CC[C@H]2CN2C[C@@]3(CCCc4cc(Cl)ccc43)COc3ccc(cc32)C(=O)NS1(=O)=O. The van der Waals surface area contributed by atoms with Gasteiger partial charge in [0.15, 0.2) is 0 Å². The predicted molar refractivity (Wildman–Crippen MR) is 170 cm³/mol. The zero-order valence-electron chi connectivity index (χ0n) is 25.3. The van der Waals surface area contributed by atoms with Crippen LogP contribution in [0, 0.1) is 23.7 Å². The van der Waals surface area contributed by atoms with Crippen LogP contribution < -0.4 is 14.4 Å². The number of hydrogen-bond acceptors (Lipinski definition) is 6. The quantitative estimate of drug-likeness (QED) is 0.384. The van der Waals surface area contributed by atoms with Crippen LogP contribution in [0.2, 0.25) is 5.02 Å². The minimum atomic E-state index is -3.97. The largest absolute Gasteiger partial charge is 0.490 e. The van der Waals surface area contributed by atoms with Gasteiger partial charge in [-0.1, -0.05) is 50.6 Å². The highest BCUT2D eigenvalue weighted by atomic mass is 35.5. The number of sulfonamides is 1. The summed E-state index contributed by atoms with van der Waals surface area (Å²) in [5.41, 5.74) is 3.33. The van der Waals surface area contributed by atoms with Crippen LogP contribution in [0.3, 0.4) is 0 Å².